The van der Waals surface area contributed by atoms with E-state index in [1.807, 2.05) is 0 Å². The van der Waals surface area contributed by atoms with Gasteiger partial charge in [-0.25, -0.2) is 0 Å². The molecule has 0 radical (unpaired) electrons. The van der Waals surface area contributed by atoms with Crippen LogP contribution in [0.15, 0.2) is 6.07 Å². The van der Waals surface area contributed by atoms with Crippen LogP contribution in [0.1, 0.15) is 59.1 Å². The van der Waals surface area contributed by atoms with Crippen LogP contribution >= 0.6 is 11.3 Å². The number of aliphatic hydroxyl groups excluding tert-OH is 1. The van der Waals surface area contributed by atoms with Gasteiger partial charge in [-0.05, 0) is 62.0 Å². The summed E-state index contributed by atoms with van der Waals surface area (Å²) in [6.07, 6.45) is 7.05. The first kappa shape index (κ1) is 13.8. The number of aryl methyl sites for hydroxylation is 2. The predicted octanol–water partition coefficient (Wildman–Crippen LogP) is 3.00. The lowest BCUT2D eigenvalue weighted by atomic mass is 9.71. The van der Waals surface area contributed by atoms with Crippen LogP contribution in [0, 0.1) is 5.41 Å². The second kappa shape index (κ2) is 4.82. The van der Waals surface area contributed by atoms with Crippen molar-refractivity contribution in [3.8, 4) is 0 Å². The minimum atomic E-state index is -0.174. The second-order valence-corrected chi connectivity index (χ2v) is 8.40. The number of carbonyl (C=O) groups excluding carboxylic acids is 1. The summed E-state index contributed by atoms with van der Waals surface area (Å²) in [6, 6.07) is 2.47. The number of hydrogen-bond donors (Lipinski definition) is 1. The van der Waals surface area contributed by atoms with Gasteiger partial charge in [-0.2, -0.15) is 0 Å². The molecule has 0 bridgehead atoms. The van der Waals surface area contributed by atoms with Gasteiger partial charge in [-0.3, -0.25) is 4.79 Å². The van der Waals surface area contributed by atoms with E-state index in [1.54, 1.807) is 11.3 Å². The first-order chi connectivity index (χ1) is 10.1. The van der Waals surface area contributed by atoms with Crippen LogP contribution in [0.2, 0.25) is 0 Å². The summed E-state index contributed by atoms with van der Waals surface area (Å²) in [7, 11) is 0. The molecule has 3 aliphatic rings. The maximum absolute atomic E-state index is 12.9. The topological polar surface area (TPSA) is 40.5 Å². The van der Waals surface area contributed by atoms with E-state index in [0.717, 1.165) is 49.9 Å². The molecule has 2 fully saturated rings. The van der Waals surface area contributed by atoms with Crippen LogP contribution in [0.25, 0.3) is 0 Å². The number of hydrogen-bond acceptors (Lipinski definition) is 3. The number of aliphatic hydroxyl groups is 1. The number of fused-ring (bicyclic) bond motifs is 2. The Kier molecular flexibility index (Phi) is 3.16. The smallest absolute Gasteiger partial charge is 0.264 e. The van der Waals surface area contributed by atoms with Crippen LogP contribution in [0.5, 0.6) is 0 Å². The van der Waals surface area contributed by atoms with Crippen LogP contribution in [-0.4, -0.2) is 34.6 Å². The maximum atomic E-state index is 12.9. The van der Waals surface area contributed by atoms with E-state index >= 15 is 0 Å². The van der Waals surface area contributed by atoms with Crippen LogP contribution in [0.4, 0.5) is 0 Å². The van der Waals surface area contributed by atoms with Crippen molar-refractivity contribution in [2.75, 3.05) is 6.54 Å². The molecule has 1 N–H and O–H groups in total. The molecule has 3 atom stereocenters. The average molecular weight is 305 g/mol. The molecule has 1 aromatic heterocycles. The fourth-order valence-corrected chi connectivity index (χ4v) is 5.84. The highest BCUT2D eigenvalue weighted by molar-refractivity contribution is 7.14. The van der Waals surface area contributed by atoms with Crippen molar-refractivity contribution in [2.45, 2.75) is 64.0 Å². The minimum absolute atomic E-state index is 0.118. The standard InChI is InChI=1S/C17H23NO2S/c1-17-7-8-18(15(17)6-5-12(19)10-17)16(20)14-9-11-3-2-4-13(11)21-14/h9,12,15,19H,2-8,10H2,1H3/t12-,15-,17+/m1/s1. The van der Waals surface area contributed by atoms with E-state index in [2.05, 4.69) is 17.9 Å². The number of rotatable bonds is 1. The highest BCUT2D eigenvalue weighted by Gasteiger charge is 2.49. The van der Waals surface area contributed by atoms with Crippen molar-refractivity contribution in [1.82, 2.24) is 4.90 Å². The zero-order valence-electron chi connectivity index (χ0n) is 12.6. The first-order valence-corrected chi connectivity index (χ1v) is 8.99. The van der Waals surface area contributed by atoms with Crippen molar-refractivity contribution < 1.29 is 9.90 Å². The fourth-order valence-electron chi connectivity index (χ4n) is 4.63. The third-order valence-corrected chi connectivity index (χ3v) is 7.02. The molecule has 1 saturated carbocycles. The summed E-state index contributed by atoms with van der Waals surface area (Å²) >= 11 is 1.72. The molecule has 0 spiro atoms. The Morgan fingerprint density at radius 2 is 2.29 bits per heavy atom. The Hall–Kier alpha value is -0.870. The summed E-state index contributed by atoms with van der Waals surface area (Å²) in [5.41, 5.74) is 1.53. The summed E-state index contributed by atoms with van der Waals surface area (Å²) in [5.74, 6) is 0.236. The van der Waals surface area contributed by atoms with Gasteiger partial charge in [-0.15, -0.1) is 11.3 Å². The Labute approximate surface area is 130 Å². The molecule has 2 aliphatic carbocycles. The van der Waals surface area contributed by atoms with Gasteiger partial charge >= 0.3 is 0 Å². The molecule has 21 heavy (non-hydrogen) atoms. The lowest BCUT2D eigenvalue weighted by Gasteiger charge is -2.41. The molecular weight excluding hydrogens is 282 g/mol. The SMILES string of the molecule is C[C@@]12CCN(C(=O)c3cc4c(s3)CCC4)[C@@H]1CC[C@@H](O)C2. The number of likely N-dealkylation sites (tertiary alicyclic amines) is 1. The summed E-state index contributed by atoms with van der Waals surface area (Å²) in [5, 5.41) is 9.94. The number of thiophene rings is 1. The van der Waals surface area contributed by atoms with Gasteiger partial charge < -0.3 is 10.0 Å². The summed E-state index contributed by atoms with van der Waals surface area (Å²) in [4.78, 5) is 17.4. The highest BCUT2D eigenvalue weighted by atomic mass is 32.1. The highest BCUT2D eigenvalue weighted by Crippen LogP contribution is 2.47. The average Bonchev–Trinajstić information content (AvgIpc) is 3.08. The normalized spacial score (nSPS) is 34.9. The second-order valence-electron chi connectivity index (χ2n) is 7.27. The molecule has 4 rings (SSSR count). The van der Waals surface area contributed by atoms with E-state index in [4.69, 9.17) is 0 Å². The summed E-state index contributed by atoms with van der Waals surface area (Å²) < 4.78 is 0. The van der Waals surface area contributed by atoms with Crippen LogP contribution in [-0.2, 0) is 12.8 Å². The third-order valence-electron chi connectivity index (χ3n) is 5.80. The van der Waals surface area contributed by atoms with Gasteiger partial charge in [0.15, 0.2) is 0 Å². The Morgan fingerprint density at radius 1 is 1.43 bits per heavy atom. The Balaban J connectivity index is 1.57. The van der Waals surface area contributed by atoms with E-state index in [1.165, 1.54) is 16.9 Å². The first-order valence-electron chi connectivity index (χ1n) is 8.17. The van der Waals surface area contributed by atoms with Crippen LogP contribution < -0.4 is 0 Å². The molecule has 0 aromatic carbocycles. The molecule has 1 amide bonds. The molecule has 1 aliphatic heterocycles. The van der Waals surface area contributed by atoms with E-state index in [-0.39, 0.29) is 17.4 Å². The molecule has 0 unspecified atom stereocenters. The minimum Gasteiger partial charge on any atom is -0.393 e. The van der Waals surface area contributed by atoms with E-state index < -0.39 is 0 Å². The predicted molar refractivity (Wildman–Crippen MR) is 83.8 cm³/mol. The van der Waals surface area contributed by atoms with Crippen molar-refractivity contribution in [1.29, 1.82) is 0 Å². The van der Waals surface area contributed by atoms with Gasteiger partial charge in [0.05, 0.1) is 11.0 Å². The fraction of sp³-hybridized carbons (Fsp3) is 0.706. The van der Waals surface area contributed by atoms with Crippen molar-refractivity contribution in [3.05, 3.63) is 21.4 Å². The maximum Gasteiger partial charge on any atom is 0.264 e. The Bertz CT molecular complexity index is 560. The van der Waals surface area contributed by atoms with Gasteiger partial charge in [0, 0.05) is 17.5 Å². The zero-order chi connectivity index (χ0) is 14.6. The molecular formula is C17H23NO2S. The van der Waals surface area contributed by atoms with Crippen molar-refractivity contribution >= 4 is 17.2 Å². The molecule has 114 valence electrons. The zero-order valence-corrected chi connectivity index (χ0v) is 13.4. The molecule has 4 heteroatoms. The number of nitrogens with zero attached hydrogens (tertiary/aromatic N) is 1. The quantitative estimate of drug-likeness (QED) is 0.866. The lowest BCUT2D eigenvalue weighted by molar-refractivity contribution is 0.0212. The third kappa shape index (κ3) is 2.15. The number of amides is 1. The van der Waals surface area contributed by atoms with Gasteiger partial charge in [0.2, 0.25) is 0 Å². The van der Waals surface area contributed by atoms with E-state index in [0.29, 0.717) is 6.04 Å². The van der Waals surface area contributed by atoms with E-state index in [9.17, 15) is 9.90 Å². The molecule has 1 aromatic rings. The summed E-state index contributed by atoms with van der Waals surface area (Å²) in [6.45, 7) is 3.11. The van der Waals surface area contributed by atoms with Gasteiger partial charge in [-0.1, -0.05) is 6.92 Å². The van der Waals surface area contributed by atoms with Gasteiger partial charge in [0.1, 0.15) is 0 Å². The number of carbonyl (C=O) groups is 1. The molecule has 2 heterocycles. The van der Waals surface area contributed by atoms with Crippen LogP contribution in [0.3, 0.4) is 0 Å². The lowest BCUT2D eigenvalue weighted by Crippen LogP contribution is -2.46. The molecule has 3 nitrogen and oxygen atoms in total. The Morgan fingerprint density at radius 3 is 3.10 bits per heavy atom. The molecule has 1 saturated heterocycles. The van der Waals surface area contributed by atoms with Gasteiger partial charge in [0.25, 0.3) is 5.91 Å². The largest absolute Gasteiger partial charge is 0.393 e. The monoisotopic (exact) mass is 305 g/mol. The van der Waals surface area contributed by atoms with Crippen molar-refractivity contribution in [2.24, 2.45) is 5.41 Å². The van der Waals surface area contributed by atoms with Crippen molar-refractivity contribution in [3.63, 3.8) is 0 Å².